The van der Waals surface area contributed by atoms with E-state index in [9.17, 15) is 9.59 Å². The third-order valence-corrected chi connectivity index (χ3v) is 2.73. The van der Waals surface area contributed by atoms with Gasteiger partial charge in [-0.1, -0.05) is 18.2 Å². The number of hydrogen-bond donors (Lipinski definition) is 3. The molecule has 0 radical (unpaired) electrons. The lowest BCUT2D eigenvalue weighted by molar-refractivity contribution is -0.139. The van der Waals surface area contributed by atoms with Gasteiger partial charge in [-0.25, -0.2) is 4.79 Å². The van der Waals surface area contributed by atoms with Crippen molar-refractivity contribution in [1.29, 1.82) is 0 Å². The number of carbonyl (C=O) groups is 2. The molecule has 16 heavy (non-hydrogen) atoms. The molecule has 0 spiro atoms. The highest BCUT2D eigenvalue weighted by Gasteiger charge is 2.37. The minimum absolute atomic E-state index is 0.180. The molecular weight excluding hydrogens is 210 g/mol. The second-order valence-corrected chi connectivity index (χ2v) is 3.75. The van der Waals surface area contributed by atoms with E-state index in [-0.39, 0.29) is 6.42 Å². The van der Waals surface area contributed by atoms with Crippen LogP contribution in [0.25, 0.3) is 0 Å². The molecule has 0 amide bonds. The molecule has 0 saturated carbocycles. The van der Waals surface area contributed by atoms with Crippen LogP contribution in [-0.4, -0.2) is 28.2 Å². The van der Waals surface area contributed by atoms with Gasteiger partial charge in [-0.05, 0) is 11.6 Å². The summed E-state index contributed by atoms with van der Waals surface area (Å²) >= 11 is 0. The number of benzene rings is 1. The maximum atomic E-state index is 11.0. The van der Waals surface area contributed by atoms with Crippen LogP contribution in [0.1, 0.15) is 17.9 Å². The van der Waals surface area contributed by atoms with Crippen molar-refractivity contribution in [2.75, 3.05) is 5.32 Å². The molecule has 1 aliphatic heterocycles. The van der Waals surface area contributed by atoms with Crippen LogP contribution in [0, 0.1) is 0 Å². The van der Waals surface area contributed by atoms with Crippen LogP contribution >= 0.6 is 0 Å². The maximum absolute atomic E-state index is 11.0. The average molecular weight is 221 g/mol. The summed E-state index contributed by atoms with van der Waals surface area (Å²) in [7, 11) is 0. The molecule has 84 valence electrons. The highest BCUT2D eigenvalue weighted by Crippen LogP contribution is 2.37. The number of hydrogen-bond acceptors (Lipinski definition) is 3. The van der Waals surface area contributed by atoms with Gasteiger partial charge in [0.1, 0.15) is 6.04 Å². The zero-order valence-electron chi connectivity index (χ0n) is 8.38. The predicted molar refractivity (Wildman–Crippen MR) is 56.5 cm³/mol. The molecule has 0 aromatic heterocycles. The smallest absolute Gasteiger partial charge is 0.326 e. The lowest BCUT2D eigenvalue weighted by Crippen LogP contribution is -2.31. The molecule has 3 N–H and O–H groups in total. The zero-order chi connectivity index (χ0) is 11.7. The Morgan fingerprint density at radius 3 is 2.56 bits per heavy atom. The summed E-state index contributed by atoms with van der Waals surface area (Å²) in [4.78, 5) is 21.7. The van der Waals surface area contributed by atoms with Crippen molar-refractivity contribution in [1.82, 2.24) is 0 Å². The van der Waals surface area contributed by atoms with Crippen LogP contribution < -0.4 is 5.32 Å². The molecule has 1 aromatic carbocycles. The average Bonchev–Trinajstić information content (AvgIpc) is 2.57. The van der Waals surface area contributed by atoms with E-state index in [2.05, 4.69) is 5.32 Å². The van der Waals surface area contributed by atoms with Crippen LogP contribution in [0.4, 0.5) is 5.69 Å². The lowest BCUT2D eigenvalue weighted by atomic mass is 9.92. The Hall–Kier alpha value is -2.04. The first kappa shape index (κ1) is 10.5. The predicted octanol–water partition coefficient (Wildman–Crippen LogP) is 1.12. The first-order valence-corrected chi connectivity index (χ1v) is 4.89. The Kier molecular flexibility index (Phi) is 2.52. The Morgan fingerprint density at radius 2 is 1.94 bits per heavy atom. The SMILES string of the molecule is O=C(O)C[C@H]1c2ccccc2N[C@@H]1C(=O)O. The Balaban J connectivity index is 2.35. The van der Waals surface area contributed by atoms with Crippen molar-refractivity contribution in [3.8, 4) is 0 Å². The van der Waals surface area contributed by atoms with Gasteiger partial charge < -0.3 is 15.5 Å². The molecule has 0 bridgehead atoms. The van der Waals surface area contributed by atoms with Crippen molar-refractivity contribution < 1.29 is 19.8 Å². The van der Waals surface area contributed by atoms with Crippen LogP contribution in [0.5, 0.6) is 0 Å². The Bertz CT molecular complexity index is 443. The van der Waals surface area contributed by atoms with Crippen LogP contribution in [0.3, 0.4) is 0 Å². The summed E-state index contributed by atoms with van der Waals surface area (Å²) in [6.07, 6.45) is -0.180. The molecule has 1 aromatic rings. The number of carboxylic acids is 2. The van der Waals surface area contributed by atoms with E-state index in [0.717, 1.165) is 5.56 Å². The lowest BCUT2D eigenvalue weighted by Gasteiger charge is -2.13. The normalized spacial score (nSPS) is 22.2. The highest BCUT2D eigenvalue weighted by atomic mass is 16.4. The first-order valence-electron chi connectivity index (χ1n) is 4.89. The fourth-order valence-corrected chi connectivity index (χ4v) is 2.05. The van der Waals surface area contributed by atoms with E-state index in [1.807, 2.05) is 0 Å². The molecular formula is C11H11NO4. The topological polar surface area (TPSA) is 86.6 Å². The largest absolute Gasteiger partial charge is 0.481 e. The van der Waals surface area contributed by atoms with Crippen LogP contribution in [-0.2, 0) is 9.59 Å². The van der Waals surface area contributed by atoms with Gasteiger partial charge in [0, 0.05) is 11.6 Å². The molecule has 0 unspecified atom stereocenters. The molecule has 2 rings (SSSR count). The number of carboxylic acid groups (broad SMARTS) is 2. The van der Waals surface area contributed by atoms with Gasteiger partial charge in [-0.3, -0.25) is 4.79 Å². The fraction of sp³-hybridized carbons (Fsp3) is 0.273. The molecule has 5 heteroatoms. The van der Waals surface area contributed by atoms with Crippen molar-refractivity contribution in [3.63, 3.8) is 0 Å². The van der Waals surface area contributed by atoms with Gasteiger partial charge in [-0.2, -0.15) is 0 Å². The van der Waals surface area contributed by atoms with E-state index >= 15 is 0 Å². The molecule has 1 aliphatic rings. The van der Waals surface area contributed by atoms with E-state index in [1.54, 1.807) is 24.3 Å². The van der Waals surface area contributed by atoms with Crippen LogP contribution in [0.15, 0.2) is 24.3 Å². The van der Waals surface area contributed by atoms with Crippen molar-refractivity contribution in [3.05, 3.63) is 29.8 Å². The number of nitrogens with one attached hydrogen (secondary N) is 1. The van der Waals surface area contributed by atoms with Crippen molar-refractivity contribution in [2.24, 2.45) is 0 Å². The van der Waals surface area contributed by atoms with E-state index < -0.39 is 23.9 Å². The first-order chi connectivity index (χ1) is 7.59. The summed E-state index contributed by atoms with van der Waals surface area (Å²) in [5.74, 6) is -2.52. The van der Waals surface area contributed by atoms with Crippen molar-refractivity contribution in [2.45, 2.75) is 18.4 Å². The minimum Gasteiger partial charge on any atom is -0.481 e. The second kappa shape index (κ2) is 3.84. The third kappa shape index (κ3) is 1.71. The number of fused-ring (bicyclic) bond motifs is 1. The Labute approximate surface area is 91.7 Å². The Morgan fingerprint density at radius 1 is 1.25 bits per heavy atom. The summed E-state index contributed by atoms with van der Waals surface area (Å²) in [5.41, 5.74) is 1.47. The van der Waals surface area contributed by atoms with Gasteiger partial charge >= 0.3 is 11.9 Å². The minimum atomic E-state index is -1.03. The maximum Gasteiger partial charge on any atom is 0.326 e. The van der Waals surface area contributed by atoms with Crippen molar-refractivity contribution >= 4 is 17.6 Å². The third-order valence-electron chi connectivity index (χ3n) is 2.73. The summed E-state index contributed by atoms with van der Waals surface area (Å²) in [6, 6.07) is 6.23. The standard InChI is InChI=1S/C11H11NO4/c13-9(14)5-7-6-3-1-2-4-8(6)12-10(7)11(15)16/h1-4,7,10,12H,5H2,(H,13,14)(H,15,16)/t7-,10-/m0/s1. The monoisotopic (exact) mass is 221 g/mol. The summed E-state index contributed by atoms with van der Waals surface area (Å²) in [6.45, 7) is 0. The quantitative estimate of drug-likeness (QED) is 0.712. The van der Waals surface area contributed by atoms with Gasteiger partial charge in [0.05, 0.1) is 6.42 Å². The van der Waals surface area contributed by atoms with Crippen LogP contribution in [0.2, 0.25) is 0 Å². The highest BCUT2D eigenvalue weighted by molar-refractivity contribution is 5.84. The van der Waals surface area contributed by atoms with E-state index in [4.69, 9.17) is 10.2 Å². The number of para-hydroxylation sites is 1. The van der Waals surface area contributed by atoms with E-state index in [0.29, 0.717) is 5.69 Å². The fourth-order valence-electron chi connectivity index (χ4n) is 2.05. The van der Waals surface area contributed by atoms with Gasteiger partial charge in [0.25, 0.3) is 0 Å². The molecule has 0 saturated heterocycles. The second-order valence-electron chi connectivity index (χ2n) is 3.75. The molecule has 5 nitrogen and oxygen atoms in total. The van der Waals surface area contributed by atoms with Gasteiger partial charge in [0.2, 0.25) is 0 Å². The summed E-state index contributed by atoms with van der Waals surface area (Å²) in [5, 5.41) is 20.6. The molecule has 2 atom stereocenters. The summed E-state index contributed by atoms with van der Waals surface area (Å²) < 4.78 is 0. The molecule has 0 aliphatic carbocycles. The number of anilines is 1. The molecule has 0 fully saturated rings. The number of aliphatic carboxylic acids is 2. The number of rotatable bonds is 3. The zero-order valence-corrected chi connectivity index (χ0v) is 8.38. The molecule has 1 heterocycles. The van der Waals surface area contributed by atoms with Gasteiger partial charge in [0.15, 0.2) is 0 Å². The van der Waals surface area contributed by atoms with E-state index in [1.165, 1.54) is 0 Å². The van der Waals surface area contributed by atoms with Gasteiger partial charge in [-0.15, -0.1) is 0 Å².